The van der Waals surface area contributed by atoms with Crippen LogP contribution in [-0.2, 0) is 0 Å². The lowest BCUT2D eigenvalue weighted by Gasteiger charge is -2.42. The maximum atomic E-state index is 2.80. The Kier molecular flexibility index (Phi) is 2.63. The zero-order valence-corrected chi connectivity index (χ0v) is 10.3. The van der Waals surface area contributed by atoms with E-state index in [2.05, 4.69) is 39.5 Å². The van der Waals surface area contributed by atoms with Crippen LogP contribution in [0.4, 0.5) is 0 Å². The molecule has 2 rings (SSSR count). The summed E-state index contributed by atoms with van der Waals surface area (Å²) in [6.45, 7) is 12.0. The van der Waals surface area contributed by atoms with Crippen LogP contribution in [0.3, 0.4) is 0 Å². The minimum Gasteiger partial charge on any atom is -0.294 e. The Morgan fingerprint density at radius 2 is 1.71 bits per heavy atom. The molecule has 1 nitrogen and oxygen atoms in total. The Labute approximate surface area is 88.9 Å². The largest absolute Gasteiger partial charge is 0.294 e. The lowest BCUT2D eigenvalue weighted by molar-refractivity contribution is 0.0508. The smallest absolute Gasteiger partial charge is 0.0155 e. The molecule has 14 heavy (non-hydrogen) atoms. The van der Waals surface area contributed by atoms with Crippen molar-refractivity contribution in [3.63, 3.8) is 0 Å². The van der Waals surface area contributed by atoms with E-state index in [0.717, 1.165) is 35.9 Å². The fourth-order valence-electron chi connectivity index (χ4n) is 4.04. The monoisotopic (exact) mass is 195 g/mol. The number of fused-ring (bicyclic) bond motifs is 2. The molecular formula is C13H25N. The van der Waals surface area contributed by atoms with Gasteiger partial charge in [0.15, 0.2) is 0 Å². The van der Waals surface area contributed by atoms with Crippen LogP contribution in [0.25, 0.3) is 0 Å². The van der Waals surface area contributed by atoms with Gasteiger partial charge in [-0.3, -0.25) is 4.90 Å². The van der Waals surface area contributed by atoms with Gasteiger partial charge in [0.1, 0.15) is 0 Å². The van der Waals surface area contributed by atoms with Gasteiger partial charge in [0.05, 0.1) is 0 Å². The Balaban J connectivity index is 2.19. The van der Waals surface area contributed by atoms with Crippen LogP contribution in [-0.4, -0.2) is 23.0 Å². The molecule has 82 valence electrons. The van der Waals surface area contributed by atoms with Crippen LogP contribution in [0.1, 0.15) is 47.5 Å². The van der Waals surface area contributed by atoms with Crippen LogP contribution < -0.4 is 0 Å². The summed E-state index contributed by atoms with van der Waals surface area (Å²) in [6.07, 6.45) is 2.92. The third-order valence-electron chi connectivity index (χ3n) is 4.40. The number of piperidine rings is 1. The van der Waals surface area contributed by atoms with Gasteiger partial charge < -0.3 is 0 Å². The second-order valence-corrected chi connectivity index (χ2v) is 6.04. The van der Waals surface area contributed by atoms with Gasteiger partial charge in [-0.05, 0) is 44.4 Å². The molecule has 0 aromatic carbocycles. The van der Waals surface area contributed by atoms with Gasteiger partial charge >= 0.3 is 0 Å². The summed E-state index contributed by atoms with van der Waals surface area (Å²) in [5, 5.41) is 0. The predicted octanol–water partition coefficient (Wildman–Crippen LogP) is 3.15. The molecule has 1 heterocycles. The van der Waals surface area contributed by atoms with E-state index in [1.165, 1.54) is 12.8 Å². The fourth-order valence-corrected chi connectivity index (χ4v) is 4.04. The van der Waals surface area contributed by atoms with Crippen molar-refractivity contribution in [1.82, 2.24) is 4.90 Å². The number of hydrogen-bond donors (Lipinski definition) is 0. The summed E-state index contributed by atoms with van der Waals surface area (Å²) in [5.74, 6) is 2.79. The van der Waals surface area contributed by atoms with Crippen molar-refractivity contribution < 1.29 is 0 Å². The van der Waals surface area contributed by atoms with Crippen LogP contribution in [0.2, 0.25) is 0 Å². The average molecular weight is 195 g/mol. The number of nitrogens with zero attached hydrogens (tertiary/aromatic N) is 1. The first-order valence-corrected chi connectivity index (χ1v) is 6.29. The molecule has 1 aliphatic carbocycles. The molecule has 0 amide bonds. The van der Waals surface area contributed by atoms with Gasteiger partial charge in [0.2, 0.25) is 0 Å². The maximum absolute atomic E-state index is 2.80. The van der Waals surface area contributed by atoms with Gasteiger partial charge in [-0.1, -0.05) is 20.8 Å². The van der Waals surface area contributed by atoms with E-state index in [4.69, 9.17) is 0 Å². The second-order valence-electron chi connectivity index (χ2n) is 6.04. The second kappa shape index (κ2) is 3.52. The third kappa shape index (κ3) is 1.41. The van der Waals surface area contributed by atoms with E-state index in [1.54, 1.807) is 0 Å². The van der Waals surface area contributed by atoms with E-state index < -0.39 is 0 Å². The molecule has 2 bridgehead atoms. The van der Waals surface area contributed by atoms with Crippen LogP contribution >= 0.6 is 0 Å². The van der Waals surface area contributed by atoms with Crippen molar-refractivity contribution in [3.05, 3.63) is 0 Å². The minimum atomic E-state index is 0.741. The topological polar surface area (TPSA) is 3.24 Å². The van der Waals surface area contributed by atoms with Gasteiger partial charge in [0, 0.05) is 18.1 Å². The van der Waals surface area contributed by atoms with Gasteiger partial charge in [-0.25, -0.2) is 0 Å². The number of rotatable bonds is 2. The minimum absolute atomic E-state index is 0.741. The Bertz CT molecular complexity index is 209. The van der Waals surface area contributed by atoms with Crippen molar-refractivity contribution in [3.8, 4) is 0 Å². The van der Waals surface area contributed by atoms with Gasteiger partial charge in [-0.2, -0.15) is 0 Å². The first kappa shape index (κ1) is 10.5. The molecule has 4 unspecified atom stereocenters. The molecule has 1 heteroatoms. The average Bonchev–Trinajstić information content (AvgIpc) is 2.58. The maximum Gasteiger partial charge on any atom is 0.0155 e. The van der Waals surface area contributed by atoms with E-state index in [-0.39, 0.29) is 0 Å². The third-order valence-corrected chi connectivity index (χ3v) is 4.40. The molecule has 0 N–H and O–H groups in total. The van der Waals surface area contributed by atoms with Crippen molar-refractivity contribution >= 4 is 0 Å². The zero-order valence-electron chi connectivity index (χ0n) is 10.3. The highest BCUT2D eigenvalue weighted by Crippen LogP contribution is 2.49. The quantitative estimate of drug-likeness (QED) is 0.654. The van der Waals surface area contributed by atoms with Crippen molar-refractivity contribution in [1.29, 1.82) is 0 Å². The molecule has 2 fully saturated rings. The molecular weight excluding hydrogens is 170 g/mol. The highest BCUT2D eigenvalue weighted by atomic mass is 15.3. The lowest BCUT2D eigenvalue weighted by atomic mass is 9.83. The van der Waals surface area contributed by atoms with E-state index >= 15 is 0 Å². The number of hydrogen-bond acceptors (Lipinski definition) is 1. The summed E-state index contributed by atoms with van der Waals surface area (Å²) < 4.78 is 0. The summed E-state index contributed by atoms with van der Waals surface area (Å²) in [4.78, 5) is 2.80. The van der Waals surface area contributed by atoms with Crippen molar-refractivity contribution in [2.75, 3.05) is 0 Å². The van der Waals surface area contributed by atoms with Crippen molar-refractivity contribution in [2.24, 2.45) is 17.8 Å². The first-order chi connectivity index (χ1) is 6.52. The summed E-state index contributed by atoms with van der Waals surface area (Å²) >= 11 is 0. The van der Waals surface area contributed by atoms with Crippen LogP contribution in [0, 0.1) is 17.8 Å². The molecule has 2 aliphatic rings. The number of likely N-dealkylation sites (tertiary alicyclic amines) is 1. The normalized spacial score (nSPS) is 43.1. The highest BCUT2D eigenvalue weighted by molar-refractivity contribution is 5.04. The molecule has 0 aromatic rings. The fraction of sp³-hybridized carbons (Fsp3) is 1.00. The molecule has 0 spiro atoms. The molecule has 1 saturated carbocycles. The molecule has 0 aromatic heterocycles. The van der Waals surface area contributed by atoms with E-state index in [9.17, 15) is 0 Å². The first-order valence-electron chi connectivity index (χ1n) is 6.29. The molecule has 0 radical (unpaired) electrons. The van der Waals surface area contributed by atoms with Crippen LogP contribution in [0.5, 0.6) is 0 Å². The van der Waals surface area contributed by atoms with E-state index in [1.807, 2.05) is 0 Å². The Hall–Kier alpha value is -0.0400. The molecule has 1 saturated heterocycles. The molecule has 1 aliphatic heterocycles. The zero-order chi connectivity index (χ0) is 10.5. The Morgan fingerprint density at radius 3 is 2.21 bits per heavy atom. The SMILES string of the molecule is CC(C)C1C2CC(CC2C)N1C(C)C. The van der Waals surface area contributed by atoms with E-state index in [0.29, 0.717) is 0 Å². The standard InChI is InChI=1S/C13H25N/c1-8(2)13-12-7-11(6-10(12)5)14(13)9(3)4/h8-13H,6-7H2,1-5H3. The highest BCUT2D eigenvalue weighted by Gasteiger charge is 2.50. The van der Waals surface area contributed by atoms with Gasteiger partial charge in [-0.15, -0.1) is 0 Å². The predicted molar refractivity (Wildman–Crippen MR) is 61.3 cm³/mol. The molecule has 4 atom stereocenters. The van der Waals surface area contributed by atoms with Crippen molar-refractivity contribution in [2.45, 2.75) is 65.6 Å². The van der Waals surface area contributed by atoms with Gasteiger partial charge in [0.25, 0.3) is 0 Å². The summed E-state index contributed by atoms with van der Waals surface area (Å²) in [6, 6.07) is 2.51. The summed E-state index contributed by atoms with van der Waals surface area (Å²) in [7, 11) is 0. The van der Waals surface area contributed by atoms with Crippen LogP contribution in [0.15, 0.2) is 0 Å². The summed E-state index contributed by atoms with van der Waals surface area (Å²) in [5.41, 5.74) is 0. The lowest BCUT2D eigenvalue weighted by Crippen LogP contribution is -2.49. The Morgan fingerprint density at radius 1 is 1.07 bits per heavy atom.